The number of fused-ring (bicyclic) bond motifs is 1. The van der Waals surface area contributed by atoms with Crippen molar-refractivity contribution in [2.24, 2.45) is 0 Å². The van der Waals surface area contributed by atoms with E-state index in [1.165, 1.54) is 6.33 Å². The van der Waals surface area contributed by atoms with E-state index in [4.69, 9.17) is 10.8 Å². The second-order valence-electron chi connectivity index (χ2n) is 5.02. The number of nitrogens with two attached hydrogens (primary N) is 1. The number of rotatable bonds is 4. The Morgan fingerprint density at radius 1 is 1.18 bits per heavy atom. The number of anilines is 2. The topological polar surface area (TPSA) is 88.2 Å². The molecule has 0 radical (unpaired) electrons. The van der Waals surface area contributed by atoms with E-state index in [1.807, 2.05) is 48.3 Å². The van der Waals surface area contributed by atoms with Crippen molar-refractivity contribution in [2.75, 3.05) is 30.8 Å². The molecule has 6 nitrogen and oxygen atoms in total. The summed E-state index contributed by atoms with van der Waals surface area (Å²) in [5, 5.41) is 9.05. The van der Waals surface area contributed by atoms with Crippen LogP contribution in [0.3, 0.4) is 0 Å². The highest BCUT2D eigenvalue weighted by atomic mass is 16.3. The van der Waals surface area contributed by atoms with Crippen LogP contribution in [0.15, 0.2) is 42.7 Å². The normalized spacial score (nSPS) is 10.8. The molecular weight excluding hydrogens is 278 g/mol. The molecule has 0 fully saturated rings. The van der Waals surface area contributed by atoms with E-state index in [2.05, 4.69) is 15.0 Å². The summed E-state index contributed by atoms with van der Waals surface area (Å²) < 4.78 is 0. The molecule has 3 rings (SSSR count). The van der Waals surface area contributed by atoms with Gasteiger partial charge < -0.3 is 15.7 Å². The SMILES string of the molecule is CN(CCO)c1cccc(-c2ccc3ncnc(N)c3n2)c1. The maximum absolute atomic E-state index is 9.05. The third-order valence-corrected chi connectivity index (χ3v) is 3.53. The maximum Gasteiger partial charge on any atom is 0.153 e. The van der Waals surface area contributed by atoms with E-state index in [0.29, 0.717) is 17.9 Å². The second-order valence-corrected chi connectivity index (χ2v) is 5.02. The first-order valence-corrected chi connectivity index (χ1v) is 6.98. The molecule has 0 saturated carbocycles. The van der Waals surface area contributed by atoms with Crippen LogP contribution < -0.4 is 10.6 Å². The third-order valence-electron chi connectivity index (χ3n) is 3.53. The lowest BCUT2D eigenvalue weighted by molar-refractivity contribution is 0.304. The van der Waals surface area contributed by atoms with Gasteiger partial charge in [-0.2, -0.15) is 0 Å². The monoisotopic (exact) mass is 295 g/mol. The van der Waals surface area contributed by atoms with E-state index >= 15 is 0 Å². The molecule has 0 aliphatic rings. The van der Waals surface area contributed by atoms with Crippen molar-refractivity contribution in [1.29, 1.82) is 0 Å². The summed E-state index contributed by atoms with van der Waals surface area (Å²) in [6.45, 7) is 0.693. The number of pyridine rings is 1. The smallest absolute Gasteiger partial charge is 0.153 e. The van der Waals surface area contributed by atoms with E-state index in [0.717, 1.165) is 22.5 Å². The summed E-state index contributed by atoms with van der Waals surface area (Å²) in [6, 6.07) is 11.8. The Hall–Kier alpha value is -2.73. The van der Waals surface area contributed by atoms with E-state index in [-0.39, 0.29) is 6.61 Å². The largest absolute Gasteiger partial charge is 0.395 e. The Morgan fingerprint density at radius 2 is 2.05 bits per heavy atom. The van der Waals surface area contributed by atoms with E-state index in [9.17, 15) is 0 Å². The van der Waals surface area contributed by atoms with Gasteiger partial charge in [0, 0.05) is 24.8 Å². The van der Waals surface area contributed by atoms with E-state index in [1.54, 1.807) is 0 Å². The number of aliphatic hydroxyl groups is 1. The highest BCUT2D eigenvalue weighted by Crippen LogP contribution is 2.25. The predicted octanol–water partition coefficient (Wildman–Crippen LogP) is 1.70. The van der Waals surface area contributed by atoms with Gasteiger partial charge in [-0.25, -0.2) is 15.0 Å². The van der Waals surface area contributed by atoms with Gasteiger partial charge in [-0.1, -0.05) is 12.1 Å². The molecule has 2 heterocycles. The molecule has 0 amide bonds. The molecule has 1 aromatic carbocycles. The van der Waals surface area contributed by atoms with Crippen molar-refractivity contribution >= 4 is 22.5 Å². The molecular formula is C16H17N5O. The summed E-state index contributed by atoms with van der Waals surface area (Å²) in [5.74, 6) is 0.375. The molecule has 0 spiro atoms. The minimum absolute atomic E-state index is 0.114. The van der Waals surface area contributed by atoms with Gasteiger partial charge in [-0.05, 0) is 24.3 Å². The number of nitrogens with zero attached hydrogens (tertiary/aromatic N) is 4. The third kappa shape index (κ3) is 2.68. The zero-order valence-electron chi connectivity index (χ0n) is 12.3. The van der Waals surface area contributed by atoms with Crippen LogP contribution in [0.2, 0.25) is 0 Å². The van der Waals surface area contributed by atoms with Crippen LogP contribution in [0.1, 0.15) is 0 Å². The van der Waals surface area contributed by atoms with Crippen molar-refractivity contribution < 1.29 is 5.11 Å². The lowest BCUT2D eigenvalue weighted by atomic mass is 10.1. The van der Waals surface area contributed by atoms with Crippen LogP contribution in [-0.4, -0.2) is 40.3 Å². The Morgan fingerprint density at radius 3 is 2.86 bits per heavy atom. The van der Waals surface area contributed by atoms with Crippen LogP contribution >= 0.6 is 0 Å². The number of aromatic nitrogens is 3. The van der Waals surface area contributed by atoms with E-state index < -0.39 is 0 Å². The molecule has 3 aromatic rings. The molecule has 22 heavy (non-hydrogen) atoms. The van der Waals surface area contributed by atoms with Crippen molar-refractivity contribution in [3.8, 4) is 11.3 Å². The molecule has 0 aliphatic heterocycles. The minimum Gasteiger partial charge on any atom is -0.395 e. The Kier molecular flexibility index (Phi) is 3.84. The molecule has 112 valence electrons. The summed E-state index contributed by atoms with van der Waals surface area (Å²) >= 11 is 0. The molecule has 0 saturated heterocycles. The standard InChI is InChI=1S/C16H17N5O/c1-21(7-8-22)12-4-2-3-11(9-12)13-5-6-14-15(20-13)16(17)19-10-18-14/h2-6,9-10,22H,7-8H2,1H3,(H2,17,18,19). The van der Waals surface area contributed by atoms with Gasteiger partial charge in [0.15, 0.2) is 5.82 Å². The average molecular weight is 295 g/mol. The first-order chi connectivity index (χ1) is 10.7. The predicted molar refractivity (Wildman–Crippen MR) is 87.5 cm³/mol. The fourth-order valence-electron chi connectivity index (χ4n) is 2.30. The molecule has 0 bridgehead atoms. The first kappa shape index (κ1) is 14.2. The quantitative estimate of drug-likeness (QED) is 0.761. The fourth-order valence-corrected chi connectivity index (χ4v) is 2.30. The number of likely N-dealkylation sites (N-methyl/N-ethyl adjacent to an activating group) is 1. The summed E-state index contributed by atoms with van der Waals surface area (Å²) in [4.78, 5) is 14.7. The first-order valence-electron chi connectivity index (χ1n) is 6.98. The highest BCUT2D eigenvalue weighted by molar-refractivity contribution is 5.86. The van der Waals surface area contributed by atoms with Crippen LogP contribution in [-0.2, 0) is 0 Å². The van der Waals surface area contributed by atoms with Gasteiger partial charge in [0.2, 0.25) is 0 Å². The molecule has 6 heteroatoms. The van der Waals surface area contributed by atoms with Crippen LogP contribution in [0, 0.1) is 0 Å². The van der Waals surface area contributed by atoms with Gasteiger partial charge in [-0.15, -0.1) is 0 Å². The Balaban J connectivity index is 2.04. The molecule has 3 N–H and O–H groups in total. The summed E-state index contributed by atoms with van der Waals surface area (Å²) in [5.41, 5.74) is 10.0. The lowest BCUT2D eigenvalue weighted by Gasteiger charge is -2.18. The summed E-state index contributed by atoms with van der Waals surface area (Å²) in [7, 11) is 1.94. The number of hydrogen-bond donors (Lipinski definition) is 2. The van der Waals surface area contributed by atoms with Crippen molar-refractivity contribution in [3.63, 3.8) is 0 Å². The highest BCUT2D eigenvalue weighted by Gasteiger charge is 2.07. The van der Waals surface area contributed by atoms with Gasteiger partial charge in [0.1, 0.15) is 11.8 Å². The molecule has 0 atom stereocenters. The zero-order valence-corrected chi connectivity index (χ0v) is 12.3. The molecule has 2 aromatic heterocycles. The number of hydrogen-bond acceptors (Lipinski definition) is 6. The number of nitrogen functional groups attached to an aromatic ring is 1. The van der Waals surface area contributed by atoms with Gasteiger partial charge in [0.25, 0.3) is 0 Å². The Labute approximate surface area is 128 Å². The van der Waals surface area contributed by atoms with Crippen molar-refractivity contribution in [2.45, 2.75) is 0 Å². The van der Waals surface area contributed by atoms with Crippen LogP contribution in [0.25, 0.3) is 22.3 Å². The molecule has 0 aliphatic carbocycles. The number of aliphatic hydroxyl groups excluding tert-OH is 1. The summed E-state index contributed by atoms with van der Waals surface area (Å²) in [6.07, 6.45) is 1.43. The van der Waals surface area contributed by atoms with Gasteiger partial charge in [0.05, 0.1) is 17.8 Å². The molecule has 0 unspecified atom stereocenters. The van der Waals surface area contributed by atoms with Crippen molar-refractivity contribution in [3.05, 3.63) is 42.7 Å². The Bertz CT molecular complexity index is 805. The zero-order chi connectivity index (χ0) is 15.5. The lowest BCUT2D eigenvalue weighted by Crippen LogP contribution is -2.20. The van der Waals surface area contributed by atoms with Crippen LogP contribution in [0.4, 0.5) is 11.5 Å². The van der Waals surface area contributed by atoms with Crippen LogP contribution in [0.5, 0.6) is 0 Å². The van der Waals surface area contributed by atoms with Gasteiger partial charge in [-0.3, -0.25) is 0 Å². The van der Waals surface area contributed by atoms with Gasteiger partial charge >= 0.3 is 0 Å². The number of benzene rings is 1. The fraction of sp³-hybridized carbons (Fsp3) is 0.188. The maximum atomic E-state index is 9.05. The van der Waals surface area contributed by atoms with Crippen molar-refractivity contribution in [1.82, 2.24) is 15.0 Å². The average Bonchev–Trinajstić information content (AvgIpc) is 2.55. The minimum atomic E-state index is 0.114. The second kappa shape index (κ2) is 5.95.